The molecule has 0 fully saturated rings. The Morgan fingerprint density at radius 2 is 2.25 bits per heavy atom. The maximum atomic E-state index is 12.8. The van der Waals surface area contributed by atoms with Crippen LogP contribution in [0, 0.1) is 10.6 Å². The Hall–Kier alpha value is -0.790. The number of methoxy groups -OCH3 is 1. The lowest BCUT2D eigenvalue weighted by Gasteiger charge is -2.11. The summed E-state index contributed by atoms with van der Waals surface area (Å²) in [6.45, 7) is 1.57. The minimum absolute atomic E-state index is 0.121. The van der Waals surface area contributed by atoms with Crippen LogP contribution < -0.4 is 0 Å². The van der Waals surface area contributed by atoms with Crippen molar-refractivity contribution in [2.45, 2.75) is 19.8 Å². The fourth-order valence-electron chi connectivity index (χ4n) is 1.33. The highest BCUT2D eigenvalue weighted by atomic mass is 127. The molecule has 0 atom stereocenters. The van der Waals surface area contributed by atoms with Gasteiger partial charge in [0.2, 0.25) is 0 Å². The molecule has 88 valence electrons. The van der Waals surface area contributed by atoms with Gasteiger partial charge in [0, 0.05) is 11.8 Å². The number of aromatic nitrogens is 1. The number of nitrogens with zero attached hydrogens (tertiary/aromatic N) is 1. The van der Waals surface area contributed by atoms with Gasteiger partial charge in [0.15, 0.2) is 0 Å². The molecule has 0 amide bonds. The number of hydrogen-bond donors (Lipinski definition) is 0. The fourth-order valence-corrected chi connectivity index (χ4v) is 1.76. The first-order valence-corrected chi connectivity index (χ1v) is 5.54. The van der Waals surface area contributed by atoms with E-state index in [0.29, 0.717) is 9.26 Å². The molecule has 0 saturated heterocycles. The SMILES string of the molecule is COC(=O)Cc1cnc(I)c(C)c1C(F)F. The lowest BCUT2D eigenvalue weighted by atomic mass is 10.0. The summed E-state index contributed by atoms with van der Waals surface area (Å²) in [5, 5.41) is 0. The zero-order valence-corrected chi connectivity index (χ0v) is 10.9. The van der Waals surface area contributed by atoms with Gasteiger partial charge in [0.25, 0.3) is 6.43 Å². The third-order valence-electron chi connectivity index (χ3n) is 2.17. The monoisotopic (exact) mass is 341 g/mol. The number of pyridine rings is 1. The molecular formula is C10H10F2INO2. The number of esters is 1. The van der Waals surface area contributed by atoms with Crippen molar-refractivity contribution in [3.05, 3.63) is 26.6 Å². The van der Waals surface area contributed by atoms with Crippen LogP contribution in [0.5, 0.6) is 0 Å². The lowest BCUT2D eigenvalue weighted by Crippen LogP contribution is -2.10. The van der Waals surface area contributed by atoms with Crippen LogP contribution in [0.2, 0.25) is 0 Å². The number of halogens is 3. The van der Waals surface area contributed by atoms with Crippen LogP contribution >= 0.6 is 22.6 Å². The second kappa shape index (κ2) is 5.51. The van der Waals surface area contributed by atoms with Gasteiger partial charge >= 0.3 is 5.97 Å². The number of alkyl halides is 2. The van der Waals surface area contributed by atoms with Crippen molar-refractivity contribution in [2.24, 2.45) is 0 Å². The van der Waals surface area contributed by atoms with Crippen LogP contribution in [0.25, 0.3) is 0 Å². The quantitative estimate of drug-likeness (QED) is 0.482. The predicted octanol–water partition coefficient (Wildman–Crippen LogP) is 2.65. The van der Waals surface area contributed by atoms with Gasteiger partial charge in [0.1, 0.15) is 3.70 Å². The smallest absolute Gasteiger partial charge is 0.310 e. The fraction of sp³-hybridized carbons (Fsp3) is 0.400. The summed E-state index contributed by atoms with van der Waals surface area (Å²) in [6.07, 6.45) is -1.50. The number of ether oxygens (including phenoxy) is 1. The molecule has 6 heteroatoms. The van der Waals surface area contributed by atoms with E-state index >= 15 is 0 Å². The third-order valence-corrected chi connectivity index (χ3v) is 3.26. The zero-order valence-electron chi connectivity index (χ0n) is 8.76. The molecule has 1 aromatic rings. The minimum Gasteiger partial charge on any atom is -0.469 e. The standard InChI is InChI=1S/C10H10F2INO2/c1-5-8(9(11)12)6(3-7(15)16-2)4-14-10(5)13/h4,9H,3H2,1-2H3. The molecule has 0 aliphatic rings. The highest BCUT2D eigenvalue weighted by molar-refractivity contribution is 14.1. The van der Waals surface area contributed by atoms with Crippen LogP contribution in [0.3, 0.4) is 0 Å². The normalized spacial score (nSPS) is 10.6. The number of carbonyl (C=O) groups is 1. The van der Waals surface area contributed by atoms with E-state index in [9.17, 15) is 13.6 Å². The maximum absolute atomic E-state index is 12.8. The summed E-state index contributed by atoms with van der Waals surface area (Å²) in [5.74, 6) is -0.552. The summed E-state index contributed by atoms with van der Waals surface area (Å²) in [6, 6.07) is 0. The second-order valence-corrected chi connectivity index (χ2v) is 4.19. The van der Waals surface area contributed by atoms with Gasteiger partial charge < -0.3 is 4.74 Å². The Morgan fingerprint density at radius 1 is 1.62 bits per heavy atom. The van der Waals surface area contributed by atoms with Crippen molar-refractivity contribution in [3.63, 3.8) is 0 Å². The van der Waals surface area contributed by atoms with Gasteiger partial charge in [-0.15, -0.1) is 0 Å². The minimum atomic E-state index is -2.61. The Labute approximate surface area is 105 Å². The van der Waals surface area contributed by atoms with Crippen LogP contribution in [-0.4, -0.2) is 18.1 Å². The molecule has 1 rings (SSSR count). The lowest BCUT2D eigenvalue weighted by molar-refractivity contribution is -0.139. The second-order valence-electron chi connectivity index (χ2n) is 3.17. The van der Waals surface area contributed by atoms with E-state index in [4.69, 9.17) is 0 Å². The molecule has 3 nitrogen and oxygen atoms in total. The van der Waals surface area contributed by atoms with E-state index in [0.717, 1.165) is 0 Å². The summed E-state index contributed by atoms with van der Waals surface area (Å²) >= 11 is 1.88. The molecule has 0 unspecified atom stereocenters. The van der Waals surface area contributed by atoms with E-state index < -0.39 is 12.4 Å². The van der Waals surface area contributed by atoms with Crippen molar-refractivity contribution < 1.29 is 18.3 Å². The number of carbonyl (C=O) groups excluding carboxylic acids is 1. The van der Waals surface area contributed by atoms with Crippen molar-refractivity contribution in [3.8, 4) is 0 Å². The first kappa shape index (κ1) is 13.3. The van der Waals surface area contributed by atoms with Crippen LogP contribution in [0.1, 0.15) is 23.1 Å². The predicted molar refractivity (Wildman–Crippen MR) is 62.4 cm³/mol. The molecule has 1 aromatic heterocycles. The van der Waals surface area contributed by atoms with Crippen molar-refractivity contribution in [2.75, 3.05) is 7.11 Å². The average molecular weight is 341 g/mol. The summed E-state index contributed by atoms with van der Waals surface area (Å²) < 4.78 is 30.6. The Morgan fingerprint density at radius 3 is 2.75 bits per heavy atom. The summed E-state index contributed by atoms with van der Waals surface area (Å²) in [4.78, 5) is 15.0. The molecule has 16 heavy (non-hydrogen) atoms. The molecule has 0 radical (unpaired) electrons. The molecular weight excluding hydrogens is 331 g/mol. The average Bonchev–Trinajstić information content (AvgIpc) is 2.23. The maximum Gasteiger partial charge on any atom is 0.310 e. The topological polar surface area (TPSA) is 39.2 Å². The van der Waals surface area contributed by atoms with E-state index in [-0.39, 0.29) is 17.5 Å². The molecule has 0 spiro atoms. The highest BCUT2D eigenvalue weighted by Gasteiger charge is 2.20. The van der Waals surface area contributed by atoms with Gasteiger partial charge in [-0.05, 0) is 40.6 Å². The molecule has 0 N–H and O–H groups in total. The van der Waals surface area contributed by atoms with Crippen molar-refractivity contribution in [1.82, 2.24) is 4.98 Å². The number of hydrogen-bond acceptors (Lipinski definition) is 3. The van der Waals surface area contributed by atoms with Crippen LogP contribution in [0.4, 0.5) is 8.78 Å². The summed E-state index contributed by atoms with van der Waals surface area (Å²) in [5.41, 5.74) is 0.515. The van der Waals surface area contributed by atoms with Gasteiger partial charge in [-0.25, -0.2) is 13.8 Å². The first-order chi connectivity index (χ1) is 7.47. The van der Waals surface area contributed by atoms with Gasteiger partial charge in [-0.2, -0.15) is 0 Å². The largest absolute Gasteiger partial charge is 0.469 e. The zero-order chi connectivity index (χ0) is 12.3. The van der Waals surface area contributed by atoms with Crippen LogP contribution in [0.15, 0.2) is 6.20 Å². The molecule has 1 heterocycles. The van der Waals surface area contributed by atoms with E-state index in [1.807, 2.05) is 22.6 Å². The van der Waals surface area contributed by atoms with Gasteiger partial charge in [-0.3, -0.25) is 4.79 Å². The number of rotatable bonds is 3. The molecule has 0 saturated carbocycles. The first-order valence-electron chi connectivity index (χ1n) is 4.46. The van der Waals surface area contributed by atoms with Gasteiger partial charge in [-0.1, -0.05) is 0 Å². The van der Waals surface area contributed by atoms with Crippen molar-refractivity contribution in [1.29, 1.82) is 0 Å². The Kier molecular flexibility index (Phi) is 4.57. The van der Waals surface area contributed by atoms with E-state index in [1.54, 1.807) is 6.92 Å². The molecule has 0 aliphatic carbocycles. The molecule has 0 aliphatic heterocycles. The van der Waals surface area contributed by atoms with E-state index in [1.165, 1.54) is 13.3 Å². The molecule has 0 aromatic carbocycles. The summed E-state index contributed by atoms with van der Waals surface area (Å²) in [7, 11) is 1.22. The highest BCUT2D eigenvalue weighted by Crippen LogP contribution is 2.28. The van der Waals surface area contributed by atoms with Crippen LogP contribution in [-0.2, 0) is 16.0 Å². The Bertz CT molecular complexity index is 410. The van der Waals surface area contributed by atoms with E-state index in [2.05, 4.69) is 9.72 Å². The van der Waals surface area contributed by atoms with Gasteiger partial charge in [0.05, 0.1) is 13.5 Å². The Balaban J connectivity index is 3.18. The third kappa shape index (κ3) is 2.87. The van der Waals surface area contributed by atoms with Crippen molar-refractivity contribution >= 4 is 28.6 Å². The molecule has 0 bridgehead atoms.